The summed E-state index contributed by atoms with van der Waals surface area (Å²) >= 11 is 0. The van der Waals surface area contributed by atoms with Crippen molar-refractivity contribution in [1.29, 1.82) is 0 Å². The van der Waals surface area contributed by atoms with Crippen LogP contribution in [0, 0.1) is 0 Å². The van der Waals surface area contributed by atoms with E-state index < -0.39 is 0 Å². The molecular weight excluding hydrogens is 292 g/mol. The predicted molar refractivity (Wildman–Crippen MR) is 90.4 cm³/mol. The van der Waals surface area contributed by atoms with Gasteiger partial charge in [-0.25, -0.2) is 0 Å². The maximum absolute atomic E-state index is 13.0. The summed E-state index contributed by atoms with van der Waals surface area (Å²) in [6.07, 6.45) is 0.607. The van der Waals surface area contributed by atoms with Crippen LogP contribution >= 0.6 is 0 Å². The van der Waals surface area contributed by atoms with Crippen molar-refractivity contribution in [1.82, 2.24) is 0 Å². The van der Waals surface area contributed by atoms with Crippen LogP contribution in [0.15, 0.2) is 51.7 Å². The van der Waals surface area contributed by atoms with Gasteiger partial charge in [0.15, 0.2) is 0 Å². The molecule has 0 atom stereocenters. The van der Waals surface area contributed by atoms with E-state index in [1.165, 1.54) is 0 Å². The number of para-hydroxylation sites is 1. The number of aryl methyl sites for hydroxylation is 1. The molecule has 4 heteroatoms. The lowest BCUT2D eigenvalue weighted by molar-refractivity contribution is 0.413. The second-order valence-corrected chi connectivity index (χ2v) is 5.15. The van der Waals surface area contributed by atoms with E-state index in [0.29, 0.717) is 40.2 Å². The van der Waals surface area contributed by atoms with Crippen LogP contribution in [0.25, 0.3) is 22.1 Å². The van der Waals surface area contributed by atoms with E-state index in [-0.39, 0.29) is 5.43 Å². The van der Waals surface area contributed by atoms with Crippen LogP contribution in [-0.4, -0.2) is 14.2 Å². The predicted octanol–water partition coefficient (Wildman–Crippen LogP) is 4.04. The molecule has 0 saturated heterocycles. The minimum atomic E-state index is -0.0600. The first-order valence-corrected chi connectivity index (χ1v) is 7.46. The van der Waals surface area contributed by atoms with E-state index in [1.807, 2.05) is 31.2 Å². The molecule has 118 valence electrons. The smallest absolute Gasteiger partial charge is 0.200 e. The molecule has 0 spiro atoms. The van der Waals surface area contributed by atoms with Gasteiger partial charge >= 0.3 is 0 Å². The Balaban J connectivity index is 2.36. The number of benzene rings is 2. The molecule has 0 unspecified atom stereocenters. The van der Waals surface area contributed by atoms with E-state index in [9.17, 15) is 4.79 Å². The van der Waals surface area contributed by atoms with Crippen molar-refractivity contribution < 1.29 is 13.9 Å². The molecule has 1 aromatic heterocycles. The first kappa shape index (κ1) is 15.2. The summed E-state index contributed by atoms with van der Waals surface area (Å²) in [5.74, 6) is 1.95. The monoisotopic (exact) mass is 310 g/mol. The fraction of sp³-hybridized carbons (Fsp3) is 0.211. The Morgan fingerprint density at radius 1 is 1.04 bits per heavy atom. The van der Waals surface area contributed by atoms with E-state index in [4.69, 9.17) is 13.9 Å². The molecule has 1 heterocycles. The number of ether oxygens (including phenoxy) is 2. The van der Waals surface area contributed by atoms with Gasteiger partial charge in [0.2, 0.25) is 5.43 Å². The Morgan fingerprint density at radius 3 is 2.52 bits per heavy atom. The number of hydrogen-bond donors (Lipinski definition) is 0. The molecule has 0 radical (unpaired) electrons. The summed E-state index contributed by atoms with van der Waals surface area (Å²) in [6, 6.07) is 12.7. The highest BCUT2D eigenvalue weighted by molar-refractivity contribution is 5.85. The van der Waals surface area contributed by atoms with Gasteiger partial charge < -0.3 is 13.9 Å². The van der Waals surface area contributed by atoms with Crippen LogP contribution in [0.4, 0.5) is 0 Å². The van der Waals surface area contributed by atoms with E-state index in [0.717, 1.165) is 5.56 Å². The van der Waals surface area contributed by atoms with Crippen molar-refractivity contribution >= 4 is 11.0 Å². The normalized spacial score (nSPS) is 10.7. The molecule has 0 fully saturated rings. The zero-order valence-electron chi connectivity index (χ0n) is 13.4. The average molecular weight is 310 g/mol. The summed E-state index contributed by atoms with van der Waals surface area (Å²) in [4.78, 5) is 13.0. The molecule has 23 heavy (non-hydrogen) atoms. The van der Waals surface area contributed by atoms with Crippen molar-refractivity contribution in [2.45, 2.75) is 13.3 Å². The second kappa shape index (κ2) is 6.16. The molecule has 4 nitrogen and oxygen atoms in total. The molecule has 0 aliphatic carbocycles. The third-order valence-electron chi connectivity index (χ3n) is 3.87. The topological polar surface area (TPSA) is 48.7 Å². The van der Waals surface area contributed by atoms with Crippen LogP contribution in [-0.2, 0) is 6.42 Å². The molecular formula is C19H18O4. The summed E-state index contributed by atoms with van der Waals surface area (Å²) in [6.45, 7) is 1.96. The van der Waals surface area contributed by atoms with Crippen molar-refractivity contribution in [3.63, 3.8) is 0 Å². The summed E-state index contributed by atoms with van der Waals surface area (Å²) in [7, 11) is 3.18. The SMILES string of the molecule is CCc1oc2cc(OC)ccc2c(=O)c1-c1ccccc1OC. The Labute approximate surface area is 134 Å². The van der Waals surface area contributed by atoms with Crippen LogP contribution in [0.3, 0.4) is 0 Å². The first-order valence-electron chi connectivity index (χ1n) is 7.46. The third-order valence-corrected chi connectivity index (χ3v) is 3.87. The van der Waals surface area contributed by atoms with Crippen LogP contribution in [0.1, 0.15) is 12.7 Å². The molecule has 0 aliphatic heterocycles. The maximum Gasteiger partial charge on any atom is 0.200 e. The van der Waals surface area contributed by atoms with Gasteiger partial charge in [-0.1, -0.05) is 25.1 Å². The van der Waals surface area contributed by atoms with Gasteiger partial charge in [0, 0.05) is 18.1 Å². The Morgan fingerprint density at radius 2 is 1.83 bits per heavy atom. The van der Waals surface area contributed by atoms with Crippen molar-refractivity contribution in [3.8, 4) is 22.6 Å². The number of methoxy groups -OCH3 is 2. The van der Waals surface area contributed by atoms with Gasteiger partial charge in [-0.3, -0.25) is 4.79 Å². The minimum Gasteiger partial charge on any atom is -0.497 e. The molecule has 0 bridgehead atoms. The molecule has 3 aromatic rings. The molecule has 0 saturated carbocycles. The van der Waals surface area contributed by atoms with E-state index in [1.54, 1.807) is 32.4 Å². The highest BCUT2D eigenvalue weighted by atomic mass is 16.5. The third kappa shape index (κ3) is 2.57. The lowest BCUT2D eigenvalue weighted by Gasteiger charge is -2.12. The van der Waals surface area contributed by atoms with E-state index >= 15 is 0 Å². The van der Waals surface area contributed by atoms with Gasteiger partial charge in [-0.15, -0.1) is 0 Å². The fourth-order valence-corrected chi connectivity index (χ4v) is 2.72. The second-order valence-electron chi connectivity index (χ2n) is 5.15. The van der Waals surface area contributed by atoms with Crippen LogP contribution < -0.4 is 14.9 Å². The standard InChI is InChI=1S/C19H18O4/c1-4-15-18(13-7-5-6-8-16(13)22-3)19(20)14-10-9-12(21-2)11-17(14)23-15/h5-11H,4H2,1-3H3. The zero-order chi connectivity index (χ0) is 16.4. The van der Waals surface area contributed by atoms with Crippen LogP contribution in [0.2, 0.25) is 0 Å². The van der Waals surface area contributed by atoms with Crippen molar-refractivity contribution in [2.75, 3.05) is 14.2 Å². The zero-order valence-corrected chi connectivity index (χ0v) is 13.4. The largest absolute Gasteiger partial charge is 0.497 e. The fourth-order valence-electron chi connectivity index (χ4n) is 2.72. The van der Waals surface area contributed by atoms with Crippen LogP contribution in [0.5, 0.6) is 11.5 Å². The highest BCUT2D eigenvalue weighted by Crippen LogP contribution is 2.32. The molecule has 0 N–H and O–H groups in total. The highest BCUT2D eigenvalue weighted by Gasteiger charge is 2.18. The van der Waals surface area contributed by atoms with Crippen molar-refractivity contribution in [2.24, 2.45) is 0 Å². The van der Waals surface area contributed by atoms with Gasteiger partial charge in [-0.2, -0.15) is 0 Å². The Bertz CT molecular complexity index is 909. The quantitative estimate of drug-likeness (QED) is 0.729. The van der Waals surface area contributed by atoms with Gasteiger partial charge in [0.25, 0.3) is 0 Å². The molecule has 0 amide bonds. The van der Waals surface area contributed by atoms with E-state index in [2.05, 4.69) is 0 Å². The van der Waals surface area contributed by atoms with Gasteiger partial charge in [-0.05, 0) is 18.2 Å². The Kier molecular flexibility index (Phi) is 4.06. The number of rotatable bonds is 4. The lowest BCUT2D eigenvalue weighted by atomic mass is 10.00. The Hall–Kier alpha value is -2.75. The van der Waals surface area contributed by atoms with Gasteiger partial charge in [0.1, 0.15) is 22.8 Å². The molecule has 3 rings (SSSR count). The first-order chi connectivity index (χ1) is 11.2. The summed E-state index contributed by atoms with van der Waals surface area (Å²) in [5, 5.41) is 0.531. The average Bonchev–Trinajstić information content (AvgIpc) is 2.61. The maximum atomic E-state index is 13.0. The minimum absolute atomic E-state index is 0.0600. The molecule has 0 aliphatic rings. The molecule has 2 aromatic carbocycles. The number of hydrogen-bond acceptors (Lipinski definition) is 4. The summed E-state index contributed by atoms with van der Waals surface area (Å²) in [5.41, 5.74) is 1.78. The summed E-state index contributed by atoms with van der Waals surface area (Å²) < 4.78 is 16.6. The number of fused-ring (bicyclic) bond motifs is 1. The van der Waals surface area contributed by atoms with Gasteiger partial charge in [0.05, 0.1) is 25.2 Å². The van der Waals surface area contributed by atoms with Crippen molar-refractivity contribution in [3.05, 3.63) is 58.4 Å². The lowest BCUT2D eigenvalue weighted by Crippen LogP contribution is -2.09.